The molecule has 1 saturated heterocycles. The number of halogens is 3. The molecule has 1 saturated carbocycles. The van der Waals surface area contributed by atoms with Crippen LogP contribution in [-0.2, 0) is 14.8 Å². The molecule has 5 nitrogen and oxygen atoms in total. The molecule has 2 aliphatic rings. The van der Waals surface area contributed by atoms with Gasteiger partial charge in [-0.1, -0.05) is 0 Å². The van der Waals surface area contributed by atoms with E-state index in [9.17, 15) is 21.6 Å². The molecule has 0 radical (unpaired) electrons. The third-order valence-electron chi connectivity index (χ3n) is 5.62. The van der Waals surface area contributed by atoms with Crippen molar-refractivity contribution in [3.63, 3.8) is 0 Å². The average molecular weight is 420 g/mol. The Hall–Kier alpha value is -1.16. The number of ether oxygens (including phenoxy) is 1. The zero-order valence-corrected chi connectivity index (χ0v) is 16.7. The lowest BCUT2D eigenvalue weighted by molar-refractivity contribution is 0.00486. The van der Waals surface area contributed by atoms with E-state index in [0.29, 0.717) is 32.3 Å². The van der Waals surface area contributed by atoms with Gasteiger partial charge in [-0.05, 0) is 63.1 Å². The molecule has 2 N–H and O–H groups in total. The van der Waals surface area contributed by atoms with Crippen LogP contribution in [0.5, 0.6) is 0 Å². The Bertz CT molecular complexity index is 783. The molecule has 1 aromatic rings. The van der Waals surface area contributed by atoms with Crippen molar-refractivity contribution < 1.29 is 26.3 Å². The summed E-state index contributed by atoms with van der Waals surface area (Å²) in [6.07, 6.45) is 5.01. The Morgan fingerprint density at radius 1 is 1.11 bits per heavy atom. The van der Waals surface area contributed by atoms with Crippen molar-refractivity contribution in [2.45, 2.75) is 62.6 Å². The van der Waals surface area contributed by atoms with Gasteiger partial charge in [-0.15, -0.1) is 0 Å². The molecule has 1 aliphatic carbocycles. The zero-order valence-electron chi connectivity index (χ0n) is 15.9. The highest BCUT2D eigenvalue weighted by Crippen LogP contribution is 2.37. The fourth-order valence-corrected chi connectivity index (χ4v) is 5.05. The summed E-state index contributed by atoms with van der Waals surface area (Å²) >= 11 is 0. The van der Waals surface area contributed by atoms with Crippen LogP contribution < -0.4 is 10.0 Å². The lowest BCUT2D eigenvalue weighted by Crippen LogP contribution is -2.55. The highest BCUT2D eigenvalue weighted by Gasteiger charge is 2.31. The van der Waals surface area contributed by atoms with Gasteiger partial charge in [0.25, 0.3) is 0 Å². The van der Waals surface area contributed by atoms with Gasteiger partial charge in [0.05, 0.1) is 19.0 Å². The van der Waals surface area contributed by atoms with E-state index >= 15 is 0 Å². The quantitative estimate of drug-likeness (QED) is 0.695. The van der Waals surface area contributed by atoms with E-state index in [1.54, 1.807) is 0 Å². The van der Waals surface area contributed by atoms with Crippen LogP contribution in [0.2, 0.25) is 0 Å². The fourth-order valence-electron chi connectivity index (χ4n) is 4.22. The van der Waals surface area contributed by atoms with Crippen molar-refractivity contribution >= 4 is 10.0 Å². The van der Waals surface area contributed by atoms with Crippen LogP contribution in [-0.4, -0.2) is 46.0 Å². The Balaban J connectivity index is 1.52. The van der Waals surface area contributed by atoms with E-state index in [4.69, 9.17) is 4.74 Å². The minimum absolute atomic E-state index is 0.0569. The van der Waals surface area contributed by atoms with Gasteiger partial charge in [-0.3, -0.25) is 0 Å². The lowest BCUT2D eigenvalue weighted by Gasteiger charge is -2.35. The maximum absolute atomic E-state index is 14.0. The van der Waals surface area contributed by atoms with E-state index in [-0.39, 0.29) is 29.7 Å². The van der Waals surface area contributed by atoms with Crippen LogP contribution >= 0.6 is 0 Å². The number of piperidine rings is 1. The Morgan fingerprint density at radius 3 is 2.46 bits per heavy atom. The van der Waals surface area contributed by atoms with Crippen molar-refractivity contribution in [2.75, 3.05) is 19.4 Å². The SMILES string of the molecule is CS(=O)(=O)N[C@H]1CCCN[C@H]1COC1CCC(c2c(F)ccc(F)c2F)CC1. The smallest absolute Gasteiger partial charge is 0.209 e. The summed E-state index contributed by atoms with van der Waals surface area (Å²) in [6.45, 7) is 1.17. The summed E-state index contributed by atoms with van der Waals surface area (Å²) in [5.74, 6) is -3.18. The molecule has 1 heterocycles. The second kappa shape index (κ2) is 9.11. The first kappa shape index (κ1) is 21.5. The first-order chi connectivity index (χ1) is 13.2. The maximum atomic E-state index is 14.0. The number of hydrogen-bond donors (Lipinski definition) is 2. The molecular weight excluding hydrogens is 393 g/mol. The number of nitrogens with one attached hydrogen (secondary N) is 2. The third kappa shape index (κ3) is 5.46. The maximum Gasteiger partial charge on any atom is 0.209 e. The van der Waals surface area contributed by atoms with Gasteiger partial charge in [-0.2, -0.15) is 0 Å². The molecule has 2 fully saturated rings. The summed E-state index contributed by atoms with van der Waals surface area (Å²) in [7, 11) is -3.30. The second-order valence-electron chi connectivity index (χ2n) is 7.76. The molecule has 9 heteroatoms. The highest BCUT2D eigenvalue weighted by atomic mass is 32.2. The van der Waals surface area contributed by atoms with Gasteiger partial charge in [0, 0.05) is 17.6 Å². The first-order valence-electron chi connectivity index (χ1n) is 9.70. The summed E-state index contributed by atoms with van der Waals surface area (Å²) in [5.41, 5.74) is -0.162. The van der Waals surface area contributed by atoms with Gasteiger partial charge in [0.2, 0.25) is 10.0 Å². The van der Waals surface area contributed by atoms with E-state index in [2.05, 4.69) is 10.0 Å². The van der Waals surface area contributed by atoms with E-state index in [0.717, 1.165) is 37.8 Å². The van der Waals surface area contributed by atoms with Crippen molar-refractivity contribution in [1.29, 1.82) is 0 Å². The van der Waals surface area contributed by atoms with Gasteiger partial charge in [0.1, 0.15) is 5.82 Å². The average Bonchev–Trinajstić information content (AvgIpc) is 2.64. The molecule has 0 unspecified atom stereocenters. The first-order valence-corrected chi connectivity index (χ1v) is 11.6. The molecule has 0 spiro atoms. The molecular formula is C19H27F3N2O3S. The van der Waals surface area contributed by atoms with Gasteiger partial charge >= 0.3 is 0 Å². The predicted molar refractivity (Wildman–Crippen MR) is 100 cm³/mol. The standard InChI is InChI=1S/C19H27F3N2O3S/c1-28(25,26)24-16-3-2-10-23-17(16)11-27-13-6-4-12(5-7-13)18-14(20)8-9-15(21)19(18)22/h8-9,12-13,16-17,23-24H,2-7,10-11H2,1H3/t12?,13?,16-,17-/m0/s1. The number of benzene rings is 1. The van der Waals surface area contributed by atoms with Crippen LogP contribution in [0.25, 0.3) is 0 Å². The molecule has 28 heavy (non-hydrogen) atoms. The summed E-state index contributed by atoms with van der Waals surface area (Å²) in [4.78, 5) is 0. The summed E-state index contributed by atoms with van der Waals surface area (Å²) < 4.78 is 73.1. The summed E-state index contributed by atoms with van der Waals surface area (Å²) in [5, 5.41) is 3.29. The third-order valence-corrected chi connectivity index (χ3v) is 6.35. The van der Waals surface area contributed by atoms with E-state index in [1.807, 2.05) is 0 Å². The molecule has 3 rings (SSSR count). The normalized spacial score (nSPS) is 29.0. The number of hydrogen-bond acceptors (Lipinski definition) is 4. The van der Waals surface area contributed by atoms with Crippen LogP contribution in [0.1, 0.15) is 50.0 Å². The molecule has 1 aromatic carbocycles. The highest BCUT2D eigenvalue weighted by molar-refractivity contribution is 7.88. The molecule has 0 bridgehead atoms. The van der Waals surface area contributed by atoms with Crippen molar-refractivity contribution in [3.05, 3.63) is 35.1 Å². The number of sulfonamides is 1. The Kier molecular flexibility index (Phi) is 7.01. The van der Waals surface area contributed by atoms with E-state index in [1.165, 1.54) is 0 Å². The van der Waals surface area contributed by atoms with Crippen LogP contribution in [0.3, 0.4) is 0 Å². The van der Waals surface area contributed by atoms with Gasteiger partial charge in [0.15, 0.2) is 11.6 Å². The predicted octanol–water partition coefficient (Wildman–Crippen LogP) is 2.82. The topological polar surface area (TPSA) is 67.4 Å². The minimum atomic E-state index is -3.30. The lowest BCUT2D eigenvalue weighted by atomic mass is 9.82. The fraction of sp³-hybridized carbons (Fsp3) is 0.684. The van der Waals surface area contributed by atoms with Gasteiger partial charge in [-0.25, -0.2) is 26.3 Å². The Morgan fingerprint density at radius 2 is 1.79 bits per heavy atom. The summed E-state index contributed by atoms with van der Waals surface area (Å²) in [6, 6.07) is 1.45. The molecule has 2 atom stereocenters. The molecule has 0 amide bonds. The molecule has 1 aliphatic heterocycles. The van der Waals surface area contributed by atoms with Crippen molar-refractivity contribution in [2.24, 2.45) is 0 Å². The molecule has 0 aromatic heterocycles. The molecule has 158 valence electrons. The van der Waals surface area contributed by atoms with Gasteiger partial charge < -0.3 is 10.1 Å². The largest absolute Gasteiger partial charge is 0.377 e. The van der Waals surface area contributed by atoms with Crippen LogP contribution in [0.4, 0.5) is 13.2 Å². The second-order valence-corrected chi connectivity index (χ2v) is 9.54. The Labute approximate surface area is 164 Å². The minimum Gasteiger partial charge on any atom is -0.377 e. The van der Waals surface area contributed by atoms with Crippen LogP contribution in [0, 0.1) is 17.5 Å². The van der Waals surface area contributed by atoms with E-state index < -0.39 is 27.5 Å². The van der Waals surface area contributed by atoms with Crippen LogP contribution in [0.15, 0.2) is 12.1 Å². The van der Waals surface area contributed by atoms with Crippen molar-refractivity contribution in [1.82, 2.24) is 10.0 Å². The van der Waals surface area contributed by atoms with Crippen molar-refractivity contribution in [3.8, 4) is 0 Å². The zero-order chi connectivity index (χ0) is 20.3. The number of rotatable bonds is 6. The monoisotopic (exact) mass is 420 g/mol.